The summed E-state index contributed by atoms with van der Waals surface area (Å²) in [5.41, 5.74) is 13.0. The lowest BCUT2D eigenvalue weighted by Crippen LogP contribution is -1.90. The zero-order valence-electron chi connectivity index (χ0n) is 26.8. The molecule has 7 rings (SSSR count). The minimum absolute atomic E-state index is 0.636. The van der Waals surface area contributed by atoms with Gasteiger partial charge in [-0.15, -0.1) is 0 Å². The van der Waals surface area contributed by atoms with E-state index < -0.39 is 0 Å². The van der Waals surface area contributed by atoms with E-state index in [-0.39, 0.29) is 0 Å². The number of anilines is 2. The van der Waals surface area contributed by atoms with Gasteiger partial charge in [-0.2, -0.15) is 0 Å². The van der Waals surface area contributed by atoms with Crippen molar-refractivity contribution in [3.63, 3.8) is 0 Å². The number of nitrogen functional groups attached to an aromatic ring is 2. The van der Waals surface area contributed by atoms with Crippen molar-refractivity contribution in [2.45, 2.75) is 0 Å². The van der Waals surface area contributed by atoms with E-state index in [1.165, 1.54) is 0 Å². The lowest BCUT2D eigenvalue weighted by Gasteiger charge is -2.11. The fourth-order valence-corrected chi connectivity index (χ4v) is 4.90. The summed E-state index contributed by atoms with van der Waals surface area (Å²) >= 11 is 0. The van der Waals surface area contributed by atoms with Crippen LogP contribution in [0, 0.1) is 0 Å². The van der Waals surface area contributed by atoms with Crippen molar-refractivity contribution < 1.29 is 28.4 Å². The molecule has 0 amide bonds. The summed E-state index contributed by atoms with van der Waals surface area (Å²) in [4.78, 5) is 0. The first-order chi connectivity index (χ1) is 24.5. The second-order valence-electron chi connectivity index (χ2n) is 11.1. The molecule has 0 aromatic heterocycles. The minimum Gasteiger partial charge on any atom is -0.457 e. The first-order valence-electron chi connectivity index (χ1n) is 15.8. The quantitative estimate of drug-likeness (QED) is 0.125. The Morgan fingerprint density at radius 3 is 0.680 bits per heavy atom. The van der Waals surface area contributed by atoms with Gasteiger partial charge in [0.05, 0.1) is 0 Å². The summed E-state index contributed by atoms with van der Waals surface area (Å²) < 4.78 is 35.9. The Balaban J connectivity index is 0.899. The lowest BCUT2D eigenvalue weighted by atomic mass is 10.3. The van der Waals surface area contributed by atoms with Crippen LogP contribution in [0.5, 0.6) is 69.0 Å². The number of nitrogens with two attached hydrogens (primary N) is 2. The number of rotatable bonds is 12. The maximum atomic E-state index is 6.03. The molecule has 4 N–H and O–H groups in total. The third-order valence-electron chi connectivity index (χ3n) is 7.21. The van der Waals surface area contributed by atoms with Crippen molar-refractivity contribution in [2.75, 3.05) is 11.5 Å². The second kappa shape index (κ2) is 14.8. The zero-order valence-corrected chi connectivity index (χ0v) is 26.8. The summed E-state index contributed by atoms with van der Waals surface area (Å²) in [5, 5.41) is 0. The molecule has 0 unspecified atom stereocenters. The molecular formula is C42H32N2O6. The molecule has 8 heteroatoms. The molecule has 50 heavy (non-hydrogen) atoms. The Morgan fingerprint density at radius 2 is 0.420 bits per heavy atom. The van der Waals surface area contributed by atoms with Crippen LogP contribution in [0.1, 0.15) is 0 Å². The standard InChI is InChI=1S/C42H32N2O6/c43-29-5-1-7-37(25-29)49-41-11-3-9-39(27-41)47-35-21-17-33(18-22-35)45-31-13-15-32(16-14-31)46-34-19-23-36(24-20-34)48-40-10-4-12-42(28-40)50-38-8-2-6-30(44)26-38/h1-28H,43-44H2. The van der Waals surface area contributed by atoms with Gasteiger partial charge in [0.25, 0.3) is 0 Å². The normalized spacial score (nSPS) is 10.6. The topological polar surface area (TPSA) is 107 Å². The van der Waals surface area contributed by atoms with Crippen LogP contribution >= 0.6 is 0 Å². The van der Waals surface area contributed by atoms with Gasteiger partial charge in [-0.25, -0.2) is 0 Å². The van der Waals surface area contributed by atoms with Crippen molar-refractivity contribution in [3.8, 4) is 69.0 Å². The Morgan fingerprint density at radius 1 is 0.220 bits per heavy atom. The van der Waals surface area contributed by atoms with Crippen molar-refractivity contribution in [1.82, 2.24) is 0 Å². The van der Waals surface area contributed by atoms with Gasteiger partial charge >= 0.3 is 0 Å². The summed E-state index contributed by atoms with van der Waals surface area (Å²) in [6.07, 6.45) is 0. The molecule has 0 saturated heterocycles. The Kier molecular flexibility index (Phi) is 9.33. The maximum Gasteiger partial charge on any atom is 0.131 e. The van der Waals surface area contributed by atoms with Crippen molar-refractivity contribution in [3.05, 3.63) is 170 Å². The molecule has 0 atom stereocenters. The summed E-state index contributed by atoms with van der Waals surface area (Å²) in [5.74, 6) is 7.89. The van der Waals surface area contributed by atoms with E-state index in [0.29, 0.717) is 80.4 Å². The number of hydrogen-bond acceptors (Lipinski definition) is 8. The molecule has 246 valence electrons. The Bertz CT molecular complexity index is 2030. The highest BCUT2D eigenvalue weighted by Crippen LogP contribution is 2.33. The second-order valence-corrected chi connectivity index (χ2v) is 11.1. The van der Waals surface area contributed by atoms with Crippen LogP contribution in [0.2, 0.25) is 0 Å². The minimum atomic E-state index is 0.636. The first-order valence-corrected chi connectivity index (χ1v) is 15.8. The van der Waals surface area contributed by atoms with Gasteiger partial charge in [-0.05, 0) is 121 Å². The van der Waals surface area contributed by atoms with Crippen LogP contribution < -0.4 is 39.9 Å². The Hall–Kier alpha value is -7.06. The van der Waals surface area contributed by atoms with Crippen LogP contribution in [0.3, 0.4) is 0 Å². The molecule has 7 aromatic carbocycles. The SMILES string of the molecule is Nc1cccc(Oc2cccc(Oc3ccc(Oc4ccc(Oc5ccc(Oc6cccc(Oc7cccc(N)c7)c6)cc5)cc4)cc3)c2)c1. The predicted octanol–water partition coefficient (Wildman–Crippen LogP) is 11.6. The molecule has 0 saturated carbocycles. The van der Waals surface area contributed by atoms with E-state index in [2.05, 4.69) is 0 Å². The summed E-state index contributed by atoms with van der Waals surface area (Å²) in [7, 11) is 0. The van der Waals surface area contributed by atoms with Crippen LogP contribution in [-0.4, -0.2) is 0 Å². The van der Waals surface area contributed by atoms with Gasteiger partial charge in [-0.3, -0.25) is 0 Å². The summed E-state index contributed by atoms with van der Waals surface area (Å²) in [6.45, 7) is 0. The van der Waals surface area contributed by atoms with Gasteiger partial charge in [0.2, 0.25) is 0 Å². The predicted molar refractivity (Wildman–Crippen MR) is 194 cm³/mol. The molecule has 0 heterocycles. The van der Waals surface area contributed by atoms with Crippen molar-refractivity contribution in [2.24, 2.45) is 0 Å². The van der Waals surface area contributed by atoms with Crippen molar-refractivity contribution >= 4 is 11.4 Å². The number of ether oxygens (including phenoxy) is 6. The van der Waals surface area contributed by atoms with E-state index in [0.717, 1.165) is 0 Å². The van der Waals surface area contributed by atoms with Gasteiger partial charge in [0.15, 0.2) is 0 Å². The fraction of sp³-hybridized carbons (Fsp3) is 0. The average Bonchev–Trinajstić information content (AvgIpc) is 3.11. The molecule has 0 aliphatic carbocycles. The molecule has 7 aromatic rings. The number of hydrogen-bond donors (Lipinski definition) is 2. The Labute approximate surface area is 289 Å². The van der Waals surface area contributed by atoms with E-state index in [1.807, 2.05) is 158 Å². The zero-order chi connectivity index (χ0) is 34.1. The molecule has 8 nitrogen and oxygen atoms in total. The van der Waals surface area contributed by atoms with Crippen LogP contribution in [-0.2, 0) is 0 Å². The molecule has 0 aliphatic heterocycles. The van der Waals surface area contributed by atoms with Gasteiger partial charge < -0.3 is 39.9 Å². The van der Waals surface area contributed by atoms with Gasteiger partial charge in [0, 0.05) is 35.6 Å². The average molecular weight is 661 g/mol. The van der Waals surface area contributed by atoms with Crippen molar-refractivity contribution in [1.29, 1.82) is 0 Å². The highest BCUT2D eigenvalue weighted by atomic mass is 16.5. The highest BCUT2D eigenvalue weighted by Gasteiger charge is 2.06. The molecule has 0 radical (unpaired) electrons. The molecule has 0 spiro atoms. The van der Waals surface area contributed by atoms with Crippen LogP contribution in [0.25, 0.3) is 0 Å². The lowest BCUT2D eigenvalue weighted by molar-refractivity contribution is 0.454. The van der Waals surface area contributed by atoms with Gasteiger partial charge in [0.1, 0.15) is 69.0 Å². The van der Waals surface area contributed by atoms with E-state index in [9.17, 15) is 0 Å². The maximum absolute atomic E-state index is 6.03. The first kappa shape index (κ1) is 31.5. The van der Waals surface area contributed by atoms with Crippen LogP contribution in [0.4, 0.5) is 11.4 Å². The van der Waals surface area contributed by atoms with E-state index in [1.54, 1.807) is 12.1 Å². The third kappa shape index (κ3) is 8.64. The van der Waals surface area contributed by atoms with Crippen LogP contribution in [0.15, 0.2) is 170 Å². The molecule has 0 bridgehead atoms. The molecular weight excluding hydrogens is 628 g/mol. The van der Waals surface area contributed by atoms with Gasteiger partial charge in [-0.1, -0.05) is 24.3 Å². The monoisotopic (exact) mass is 660 g/mol. The summed E-state index contributed by atoms with van der Waals surface area (Å²) in [6, 6.07) is 51.5. The molecule has 0 aliphatic rings. The molecule has 0 fully saturated rings. The highest BCUT2D eigenvalue weighted by molar-refractivity contribution is 5.48. The fourth-order valence-electron chi connectivity index (χ4n) is 4.90. The van der Waals surface area contributed by atoms with E-state index in [4.69, 9.17) is 39.9 Å². The smallest absolute Gasteiger partial charge is 0.131 e. The number of benzene rings is 7. The van der Waals surface area contributed by atoms with E-state index >= 15 is 0 Å². The third-order valence-corrected chi connectivity index (χ3v) is 7.21. The largest absolute Gasteiger partial charge is 0.457 e.